The van der Waals surface area contributed by atoms with E-state index in [0.29, 0.717) is 42.8 Å². The van der Waals surface area contributed by atoms with Crippen molar-refractivity contribution in [3.8, 4) is 22.6 Å². The molecule has 168 valence electrons. The van der Waals surface area contributed by atoms with Crippen LogP contribution >= 0.6 is 27.5 Å². The molecule has 0 atom stereocenters. The van der Waals surface area contributed by atoms with Crippen molar-refractivity contribution in [1.29, 1.82) is 0 Å². The minimum atomic E-state index is -0.0464. The van der Waals surface area contributed by atoms with Crippen molar-refractivity contribution in [2.75, 3.05) is 20.2 Å². The van der Waals surface area contributed by atoms with Crippen molar-refractivity contribution >= 4 is 33.4 Å². The summed E-state index contributed by atoms with van der Waals surface area (Å²) in [5, 5.41) is 6.53. The molecule has 3 aromatic carbocycles. The molecule has 0 saturated carbocycles. The molecule has 0 aliphatic carbocycles. The Morgan fingerprint density at radius 2 is 1.78 bits per heavy atom. The van der Waals surface area contributed by atoms with Gasteiger partial charge in [0, 0.05) is 48.2 Å². The zero-order chi connectivity index (χ0) is 22.9. The van der Waals surface area contributed by atoms with Gasteiger partial charge in [-0.3, -0.25) is 4.79 Å². The molecule has 0 fully saturated rings. The molecule has 0 aliphatic rings. The summed E-state index contributed by atoms with van der Waals surface area (Å²) < 4.78 is 12.6. The number of ether oxygens (including phenoxy) is 2. The van der Waals surface area contributed by atoms with E-state index in [1.54, 1.807) is 7.11 Å². The van der Waals surface area contributed by atoms with Crippen LogP contribution in [0.5, 0.6) is 11.5 Å². The van der Waals surface area contributed by atoms with Crippen LogP contribution in [0.2, 0.25) is 5.02 Å². The van der Waals surface area contributed by atoms with Gasteiger partial charge in [-0.2, -0.15) is 0 Å². The molecule has 0 aliphatic heterocycles. The highest BCUT2D eigenvalue weighted by atomic mass is 79.9. The second-order valence-corrected chi connectivity index (χ2v) is 8.39. The molecule has 0 heterocycles. The van der Waals surface area contributed by atoms with Crippen molar-refractivity contribution in [2.45, 2.75) is 20.1 Å². The number of rotatable bonds is 10. The zero-order valence-corrected chi connectivity index (χ0v) is 20.4. The molecule has 0 radical (unpaired) electrons. The molecular weight excluding hydrogens is 492 g/mol. The Hall–Kier alpha value is -2.54. The maximum Gasteiger partial charge on any atom is 0.216 e. The first-order valence-electron chi connectivity index (χ1n) is 10.3. The number of nitrogens with one attached hydrogen (secondary N) is 2. The van der Waals surface area contributed by atoms with E-state index in [1.807, 2.05) is 42.5 Å². The topological polar surface area (TPSA) is 59.6 Å². The second-order valence-electron chi connectivity index (χ2n) is 7.19. The number of amides is 1. The van der Waals surface area contributed by atoms with E-state index < -0.39 is 0 Å². The van der Waals surface area contributed by atoms with Crippen molar-refractivity contribution in [1.82, 2.24) is 10.6 Å². The molecule has 0 bridgehead atoms. The molecular formula is C25H26BrClN2O3. The number of benzene rings is 3. The Balaban J connectivity index is 1.68. The minimum absolute atomic E-state index is 0.0464. The summed E-state index contributed by atoms with van der Waals surface area (Å²) in [6, 6.07) is 20.0. The van der Waals surface area contributed by atoms with Gasteiger partial charge in [0.05, 0.1) is 12.1 Å². The summed E-state index contributed by atoms with van der Waals surface area (Å²) in [5.41, 5.74) is 4.18. The summed E-state index contributed by atoms with van der Waals surface area (Å²) in [5.74, 6) is 1.20. The third-order valence-electron chi connectivity index (χ3n) is 4.87. The number of carbonyl (C=O) groups is 1. The number of methoxy groups -OCH3 is 1. The van der Waals surface area contributed by atoms with Gasteiger partial charge in [0.2, 0.25) is 5.91 Å². The highest BCUT2D eigenvalue weighted by Gasteiger charge is 2.13. The summed E-state index contributed by atoms with van der Waals surface area (Å²) in [6.07, 6.45) is 0. The fraction of sp³-hybridized carbons (Fsp3) is 0.240. The lowest BCUT2D eigenvalue weighted by molar-refractivity contribution is -0.118. The van der Waals surface area contributed by atoms with E-state index in [0.717, 1.165) is 26.7 Å². The van der Waals surface area contributed by atoms with Crippen LogP contribution in [-0.2, 0) is 17.9 Å². The number of hydrogen-bond acceptors (Lipinski definition) is 4. The van der Waals surface area contributed by atoms with Gasteiger partial charge in [0.15, 0.2) is 0 Å². The summed E-state index contributed by atoms with van der Waals surface area (Å²) >= 11 is 10.2. The van der Waals surface area contributed by atoms with Crippen LogP contribution < -0.4 is 20.1 Å². The Bertz CT molecular complexity index is 1060. The van der Waals surface area contributed by atoms with E-state index in [4.69, 9.17) is 21.1 Å². The van der Waals surface area contributed by atoms with Gasteiger partial charge in [-0.1, -0.05) is 60.1 Å². The molecule has 5 nitrogen and oxygen atoms in total. The van der Waals surface area contributed by atoms with Crippen LogP contribution in [0.3, 0.4) is 0 Å². The van der Waals surface area contributed by atoms with Crippen LogP contribution in [0.4, 0.5) is 0 Å². The van der Waals surface area contributed by atoms with Gasteiger partial charge < -0.3 is 20.1 Å². The van der Waals surface area contributed by atoms with Gasteiger partial charge in [-0.25, -0.2) is 0 Å². The van der Waals surface area contributed by atoms with Crippen molar-refractivity contribution in [2.24, 2.45) is 0 Å². The predicted molar refractivity (Wildman–Crippen MR) is 132 cm³/mol. The maximum absolute atomic E-state index is 10.9. The van der Waals surface area contributed by atoms with Gasteiger partial charge in [-0.15, -0.1) is 0 Å². The van der Waals surface area contributed by atoms with E-state index in [-0.39, 0.29) is 5.91 Å². The monoisotopic (exact) mass is 516 g/mol. The standard InChI is InChI=1S/C25H26BrClN2O3/c1-17(30)29-12-11-28-15-20-13-22(27)24(14-23(20)31-2)32-16-19-9-6-10-21(25(19)26)18-7-4-3-5-8-18/h3-10,13-14,28H,11-12,15-16H2,1-2H3,(H,29,30). The molecule has 1 amide bonds. The lowest BCUT2D eigenvalue weighted by atomic mass is 10.0. The van der Waals surface area contributed by atoms with Crippen molar-refractivity contribution in [3.63, 3.8) is 0 Å². The fourth-order valence-electron chi connectivity index (χ4n) is 3.25. The first kappa shape index (κ1) is 24.1. The maximum atomic E-state index is 10.9. The lowest BCUT2D eigenvalue weighted by Crippen LogP contribution is -2.29. The van der Waals surface area contributed by atoms with Crippen LogP contribution in [0, 0.1) is 0 Å². The normalized spacial score (nSPS) is 10.6. The fourth-order valence-corrected chi connectivity index (χ4v) is 4.10. The molecule has 32 heavy (non-hydrogen) atoms. The quantitative estimate of drug-likeness (QED) is 0.345. The first-order chi connectivity index (χ1) is 15.5. The van der Waals surface area contributed by atoms with Crippen molar-refractivity contribution in [3.05, 3.63) is 81.3 Å². The minimum Gasteiger partial charge on any atom is -0.496 e. The summed E-state index contributed by atoms with van der Waals surface area (Å²) in [4.78, 5) is 10.9. The largest absolute Gasteiger partial charge is 0.496 e. The third-order valence-corrected chi connectivity index (χ3v) is 6.10. The highest BCUT2D eigenvalue weighted by Crippen LogP contribution is 2.35. The van der Waals surface area contributed by atoms with Gasteiger partial charge in [-0.05, 0) is 33.1 Å². The van der Waals surface area contributed by atoms with Gasteiger partial charge in [0.25, 0.3) is 0 Å². The number of hydrogen-bond donors (Lipinski definition) is 2. The number of halogens is 2. The molecule has 0 unspecified atom stereocenters. The summed E-state index contributed by atoms with van der Waals surface area (Å²) in [7, 11) is 1.62. The van der Waals surface area contributed by atoms with E-state index in [1.165, 1.54) is 6.92 Å². The van der Waals surface area contributed by atoms with Gasteiger partial charge in [0.1, 0.15) is 18.1 Å². The molecule has 3 rings (SSSR count). The first-order valence-corrected chi connectivity index (χ1v) is 11.4. The Kier molecular flexibility index (Phi) is 8.97. The average Bonchev–Trinajstić information content (AvgIpc) is 2.79. The molecule has 0 spiro atoms. The Morgan fingerprint density at radius 3 is 2.50 bits per heavy atom. The predicted octanol–water partition coefficient (Wildman–Crippen LogP) is 5.58. The smallest absolute Gasteiger partial charge is 0.216 e. The zero-order valence-electron chi connectivity index (χ0n) is 18.1. The highest BCUT2D eigenvalue weighted by molar-refractivity contribution is 9.10. The van der Waals surface area contributed by atoms with Crippen LogP contribution in [-0.4, -0.2) is 26.1 Å². The SMILES string of the molecule is COc1cc(OCc2cccc(-c3ccccc3)c2Br)c(Cl)cc1CNCCNC(C)=O. The molecule has 0 saturated heterocycles. The molecule has 0 aromatic heterocycles. The van der Waals surface area contributed by atoms with E-state index in [9.17, 15) is 4.79 Å². The molecule has 3 aromatic rings. The van der Waals surface area contributed by atoms with Crippen molar-refractivity contribution < 1.29 is 14.3 Å². The Labute approximate surface area is 202 Å². The summed E-state index contributed by atoms with van der Waals surface area (Å²) in [6.45, 7) is 3.62. The average molecular weight is 518 g/mol. The Morgan fingerprint density at radius 1 is 1.00 bits per heavy atom. The van der Waals surface area contributed by atoms with Gasteiger partial charge >= 0.3 is 0 Å². The van der Waals surface area contributed by atoms with Crippen LogP contribution in [0.1, 0.15) is 18.1 Å². The lowest BCUT2D eigenvalue weighted by Gasteiger charge is -2.16. The second kappa shape index (κ2) is 11.9. The third kappa shape index (κ3) is 6.48. The van der Waals surface area contributed by atoms with E-state index >= 15 is 0 Å². The molecule has 2 N–H and O–H groups in total. The molecule has 7 heteroatoms. The van der Waals surface area contributed by atoms with E-state index in [2.05, 4.69) is 44.8 Å². The number of carbonyl (C=O) groups excluding carboxylic acids is 1. The van der Waals surface area contributed by atoms with Crippen LogP contribution in [0.25, 0.3) is 11.1 Å². The van der Waals surface area contributed by atoms with Crippen LogP contribution in [0.15, 0.2) is 65.1 Å².